The Balaban J connectivity index is 2.12. The fraction of sp³-hybridized carbons (Fsp3) is 0.286. The first-order chi connectivity index (χ1) is 9.10. The van der Waals surface area contributed by atoms with Gasteiger partial charge in [0.2, 0.25) is 5.91 Å². The van der Waals surface area contributed by atoms with E-state index in [4.69, 9.17) is 5.73 Å². The number of rotatable bonds is 3. The number of nitrogens with zero attached hydrogens (tertiary/aromatic N) is 1. The number of benzene rings is 1. The lowest BCUT2D eigenvalue weighted by atomic mass is 10.1. The third-order valence-corrected chi connectivity index (χ3v) is 3.07. The number of likely N-dealkylation sites (tertiary alicyclic amines) is 1. The highest BCUT2D eigenvalue weighted by molar-refractivity contribution is 6.00. The van der Waals surface area contributed by atoms with E-state index in [-0.39, 0.29) is 17.9 Å². The van der Waals surface area contributed by atoms with Gasteiger partial charge in [0.25, 0.3) is 5.91 Å². The molecule has 1 fully saturated rings. The average molecular weight is 259 g/mol. The third-order valence-electron chi connectivity index (χ3n) is 3.07. The first-order valence-electron chi connectivity index (χ1n) is 6.18. The van der Waals surface area contributed by atoms with Crippen LogP contribution in [0.25, 0.3) is 0 Å². The van der Waals surface area contributed by atoms with E-state index in [2.05, 4.69) is 11.9 Å². The normalized spacial score (nSPS) is 18.2. The lowest BCUT2D eigenvalue weighted by Gasteiger charge is -2.16. The summed E-state index contributed by atoms with van der Waals surface area (Å²) in [5, 5.41) is 2.63. The zero-order chi connectivity index (χ0) is 13.8. The molecule has 0 aliphatic carbocycles. The summed E-state index contributed by atoms with van der Waals surface area (Å²) in [6.45, 7) is 4.65. The van der Waals surface area contributed by atoms with Gasteiger partial charge in [-0.05, 0) is 30.7 Å². The second-order valence-corrected chi connectivity index (χ2v) is 4.57. The van der Waals surface area contributed by atoms with Crippen LogP contribution in [0, 0.1) is 0 Å². The second kappa shape index (κ2) is 5.67. The molecule has 1 aromatic carbocycles. The van der Waals surface area contributed by atoms with Gasteiger partial charge in [-0.3, -0.25) is 9.59 Å². The molecule has 2 rings (SSSR count). The largest absolute Gasteiger partial charge is 0.337 e. The van der Waals surface area contributed by atoms with Crippen molar-refractivity contribution in [2.24, 2.45) is 5.73 Å². The van der Waals surface area contributed by atoms with Crippen LogP contribution < -0.4 is 11.1 Å². The maximum Gasteiger partial charge on any atom is 0.253 e. The fourth-order valence-electron chi connectivity index (χ4n) is 2.08. The molecular formula is C14H17N3O2. The summed E-state index contributed by atoms with van der Waals surface area (Å²) < 4.78 is 0. The molecule has 3 N–H and O–H groups in total. The van der Waals surface area contributed by atoms with Crippen molar-refractivity contribution in [1.29, 1.82) is 0 Å². The Morgan fingerprint density at radius 1 is 1.47 bits per heavy atom. The molecule has 0 spiro atoms. The lowest BCUT2D eigenvalue weighted by Crippen LogP contribution is -2.31. The van der Waals surface area contributed by atoms with Crippen molar-refractivity contribution < 1.29 is 9.59 Å². The van der Waals surface area contributed by atoms with E-state index in [1.165, 1.54) is 6.08 Å². The van der Waals surface area contributed by atoms with Crippen LogP contribution in [0.3, 0.4) is 0 Å². The van der Waals surface area contributed by atoms with Gasteiger partial charge in [0, 0.05) is 30.4 Å². The topological polar surface area (TPSA) is 75.4 Å². The van der Waals surface area contributed by atoms with Crippen LogP contribution in [0.15, 0.2) is 36.9 Å². The Bertz CT molecular complexity index is 513. The first-order valence-corrected chi connectivity index (χ1v) is 6.18. The highest BCUT2D eigenvalue weighted by Crippen LogP contribution is 2.16. The summed E-state index contributed by atoms with van der Waals surface area (Å²) in [4.78, 5) is 25.2. The molecule has 1 aromatic rings. The highest BCUT2D eigenvalue weighted by atomic mass is 16.2. The fourth-order valence-corrected chi connectivity index (χ4v) is 2.08. The number of amides is 2. The van der Waals surface area contributed by atoms with Crippen LogP contribution in [-0.4, -0.2) is 35.8 Å². The number of hydrogen-bond donors (Lipinski definition) is 2. The van der Waals surface area contributed by atoms with Gasteiger partial charge in [-0.1, -0.05) is 12.6 Å². The standard InChI is InChI=1S/C14H17N3O2/c1-2-13(18)16-12-5-3-4-10(8-12)14(19)17-7-6-11(15)9-17/h2-5,8,11H,1,6-7,9,15H2,(H,16,18). The first kappa shape index (κ1) is 13.3. The minimum atomic E-state index is -0.298. The molecular weight excluding hydrogens is 242 g/mol. The minimum absolute atomic E-state index is 0.0531. The van der Waals surface area contributed by atoms with E-state index in [9.17, 15) is 9.59 Å². The summed E-state index contributed by atoms with van der Waals surface area (Å²) in [6, 6.07) is 6.92. The molecule has 0 radical (unpaired) electrons. The molecule has 1 unspecified atom stereocenters. The maximum absolute atomic E-state index is 12.2. The Labute approximate surface area is 112 Å². The van der Waals surface area contributed by atoms with Crippen molar-refractivity contribution in [1.82, 2.24) is 4.90 Å². The molecule has 2 amide bonds. The average Bonchev–Trinajstić information content (AvgIpc) is 2.84. The van der Waals surface area contributed by atoms with Crippen molar-refractivity contribution in [3.63, 3.8) is 0 Å². The van der Waals surface area contributed by atoms with Crippen LogP contribution in [0.2, 0.25) is 0 Å². The number of anilines is 1. The zero-order valence-corrected chi connectivity index (χ0v) is 10.6. The number of carbonyl (C=O) groups is 2. The smallest absolute Gasteiger partial charge is 0.253 e. The van der Waals surface area contributed by atoms with Gasteiger partial charge in [-0.2, -0.15) is 0 Å². The van der Waals surface area contributed by atoms with Crippen molar-refractivity contribution in [3.8, 4) is 0 Å². The van der Waals surface area contributed by atoms with E-state index in [1.807, 2.05) is 0 Å². The molecule has 5 heteroatoms. The Morgan fingerprint density at radius 2 is 2.26 bits per heavy atom. The quantitative estimate of drug-likeness (QED) is 0.795. The summed E-state index contributed by atoms with van der Waals surface area (Å²) >= 11 is 0. The van der Waals surface area contributed by atoms with Gasteiger partial charge >= 0.3 is 0 Å². The Morgan fingerprint density at radius 3 is 2.89 bits per heavy atom. The molecule has 1 aliphatic rings. The second-order valence-electron chi connectivity index (χ2n) is 4.57. The molecule has 100 valence electrons. The monoisotopic (exact) mass is 259 g/mol. The van der Waals surface area contributed by atoms with Crippen LogP contribution in [0.1, 0.15) is 16.8 Å². The molecule has 1 heterocycles. The number of nitrogens with one attached hydrogen (secondary N) is 1. The van der Waals surface area contributed by atoms with Gasteiger partial charge in [-0.15, -0.1) is 0 Å². The van der Waals surface area contributed by atoms with E-state index in [0.29, 0.717) is 24.3 Å². The van der Waals surface area contributed by atoms with Gasteiger partial charge in [0.15, 0.2) is 0 Å². The van der Waals surface area contributed by atoms with Crippen LogP contribution in [0.5, 0.6) is 0 Å². The van der Waals surface area contributed by atoms with E-state index in [0.717, 1.165) is 6.42 Å². The molecule has 1 atom stereocenters. The van der Waals surface area contributed by atoms with Crippen LogP contribution >= 0.6 is 0 Å². The SMILES string of the molecule is C=CC(=O)Nc1cccc(C(=O)N2CCC(N)C2)c1. The number of carbonyl (C=O) groups excluding carboxylic acids is 2. The van der Waals surface area contributed by atoms with Gasteiger partial charge < -0.3 is 16.0 Å². The molecule has 19 heavy (non-hydrogen) atoms. The molecule has 1 saturated heterocycles. The van der Waals surface area contributed by atoms with Gasteiger partial charge in [0.1, 0.15) is 0 Å². The minimum Gasteiger partial charge on any atom is -0.337 e. The van der Waals surface area contributed by atoms with Crippen LogP contribution in [-0.2, 0) is 4.79 Å². The van der Waals surface area contributed by atoms with Crippen LogP contribution in [0.4, 0.5) is 5.69 Å². The van der Waals surface area contributed by atoms with E-state index < -0.39 is 0 Å². The molecule has 1 aliphatic heterocycles. The third kappa shape index (κ3) is 3.20. The van der Waals surface area contributed by atoms with E-state index in [1.54, 1.807) is 29.2 Å². The summed E-state index contributed by atoms with van der Waals surface area (Å²) in [5.41, 5.74) is 6.93. The van der Waals surface area contributed by atoms with Gasteiger partial charge in [0.05, 0.1) is 0 Å². The summed E-state index contributed by atoms with van der Waals surface area (Å²) in [7, 11) is 0. The van der Waals surface area contributed by atoms with Crippen molar-refractivity contribution >= 4 is 17.5 Å². The molecule has 0 bridgehead atoms. The molecule has 5 nitrogen and oxygen atoms in total. The Kier molecular flexibility index (Phi) is 3.97. The Hall–Kier alpha value is -2.14. The highest BCUT2D eigenvalue weighted by Gasteiger charge is 2.24. The lowest BCUT2D eigenvalue weighted by molar-refractivity contribution is -0.111. The van der Waals surface area contributed by atoms with E-state index >= 15 is 0 Å². The van der Waals surface area contributed by atoms with Crippen molar-refractivity contribution in [2.45, 2.75) is 12.5 Å². The predicted molar refractivity (Wildman–Crippen MR) is 73.8 cm³/mol. The maximum atomic E-state index is 12.2. The summed E-state index contributed by atoms with van der Waals surface area (Å²) in [6.07, 6.45) is 2.02. The van der Waals surface area contributed by atoms with Crippen molar-refractivity contribution in [3.05, 3.63) is 42.5 Å². The molecule has 0 aromatic heterocycles. The summed E-state index contributed by atoms with van der Waals surface area (Å²) in [5.74, 6) is -0.351. The van der Waals surface area contributed by atoms with Crippen molar-refractivity contribution in [2.75, 3.05) is 18.4 Å². The predicted octanol–water partition coefficient (Wildman–Crippen LogP) is 0.984. The number of nitrogens with two attached hydrogens (primary N) is 1. The zero-order valence-electron chi connectivity index (χ0n) is 10.6. The van der Waals surface area contributed by atoms with Gasteiger partial charge in [-0.25, -0.2) is 0 Å². The number of hydrogen-bond acceptors (Lipinski definition) is 3. The molecule has 0 saturated carbocycles.